The van der Waals surface area contributed by atoms with Crippen molar-refractivity contribution >= 4 is 12.0 Å². The molecule has 0 aromatic rings. The first-order valence-electron chi connectivity index (χ1n) is 5.90. The van der Waals surface area contributed by atoms with Crippen LogP contribution in [0.25, 0.3) is 0 Å². The van der Waals surface area contributed by atoms with Gasteiger partial charge in [0.1, 0.15) is 11.7 Å². The van der Waals surface area contributed by atoms with Crippen molar-refractivity contribution in [3.05, 3.63) is 0 Å². The molecule has 0 aliphatic carbocycles. The van der Waals surface area contributed by atoms with E-state index in [0.29, 0.717) is 0 Å². The standard InChI is InChI=1S/C12H21FN2O3/c1-11(2,3)12(9(16)14(4)5)6-8(13)7-15(12)10(17)18/h8H,6-7H2,1-5H3,(H,17,18)/t8-,12-/m1/s1. The van der Waals surface area contributed by atoms with Crippen molar-refractivity contribution in [2.24, 2.45) is 5.41 Å². The normalized spacial score (nSPS) is 28.3. The van der Waals surface area contributed by atoms with Gasteiger partial charge < -0.3 is 10.0 Å². The molecule has 0 saturated carbocycles. The topological polar surface area (TPSA) is 60.9 Å². The van der Waals surface area contributed by atoms with Gasteiger partial charge in [-0.1, -0.05) is 20.8 Å². The lowest BCUT2D eigenvalue weighted by molar-refractivity contribution is -0.146. The van der Waals surface area contributed by atoms with Crippen molar-refractivity contribution in [1.82, 2.24) is 9.80 Å². The van der Waals surface area contributed by atoms with Gasteiger partial charge >= 0.3 is 6.09 Å². The third kappa shape index (κ3) is 2.04. The maximum Gasteiger partial charge on any atom is 0.408 e. The molecule has 0 aromatic carbocycles. The molecule has 0 bridgehead atoms. The number of carboxylic acid groups (broad SMARTS) is 1. The van der Waals surface area contributed by atoms with Gasteiger partial charge in [-0.2, -0.15) is 0 Å². The molecule has 0 unspecified atom stereocenters. The number of hydrogen-bond donors (Lipinski definition) is 1. The molecule has 1 fully saturated rings. The Bertz CT molecular complexity index is 365. The Morgan fingerprint density at radius 1 is 1.39 bits per heavy atom. The summed E-state index contributed by atoms with van der Waals surface area (Å²) in [7, 11) is 3.11. The van der Waals surface area contributed by atoms with E-state index < -0.39 is 23.2 Å². The predicted molar refractivity (Wildman–Crippen MR) is 65.1 cm³/mol. The van der Waals surface area contributed by atoms with E-state index >= 15 is 0 Å². The largest absolute Gasteiger partial charge is 0.465 e. The van der Waals surface area contributed by atoms with Crippen molar-refractivity contribution in [3.8, 4) is 0 Å². The highest BCUT2D eigenvalue weighted by Gasteiger charge is 2.60. The minimum atomic E-state index is -1.33. The molecule has 1 N–H and O–H groups in total. The van der Waals surface area contributed by atoms with Crippen LogP contribution in [0, 0.1) is 5.41 Å². The van der Waals surface area contributed by atoms with Crippen LogP contribution in [0.1, 0.15) is 27.2 Å². The van der Waals surface area contributed by atoms with E-state index in [1.54, 1.807) is 34.9 Å². The number of alkyl halides is 1. The summed E-state index contributed by atoms with van der Waals surface area (Å²) < 4.78 is 13.7. The molecule has 1 heterocycles. The summed E-state index contributed by atoms with van der Waals surface area (Å²) in [4.78, 5) is 26.0. The molecule has 104 valence electrons. The number of likely N-dealkylation sites (N-methyl/N-ethyl adjacent to an activating group) is 1. The zero-order valence-corrected chi connectivity index (χ0v) is 11.5. The van der Waals surface area contributed by atoms with Crippen molar-refractivity contribution in [2.45, 2.75) is 38.9 Å². The second-order valence-electron chi connectivity index (χ2n) is 6.00. The Morgan fingerprint density at radius 2 is 1.89 bits per heavy atom. The first-order chi connectivity index (χ1) is 8.04. The van der Waals surface area contributed by atoms with E-state index in [1.165, 1.54) is 4.90 Å². The summed E-state index contributed by atoms with van der Waals surface area (Å²) in [6.07, 6.45) is -2.63. The number of halogens is 1. The number of likely N-dealkylation sites (tertiary alicyclic amines) is 1. The Balaban J connectivity index is 3.36. The third-order valence-electron chi connectivity index (χ3n) is 3.59. The van der Waals surface area contributed by atoms with Gasteiger partial charge in [-0.25, -0.2) is 9.18 Å². The molecular formula is C12H21FN2O3. The highest BCUT2D eigenvalue weighted by Crippen LogP contribution is 2.45. The highest BCUT2D eigenvalue weighted by molar-refractivity contribution is 5.91. The second-order valence-corrected chi connectivity index (χ2v) is 6.00. The number of hydrogen-bond acceptors (Lipinski definition) is 2. The molecule has 6 heteroatoms. The lowest BCUT2D eigenvalue weighted by Gasteiger charge is -2.46. The lowest BCUT2D eigenvalue weighted by Crippen LogP contribution is -2.63. The van der Waals surface area contributed by atoms with Crippen LogP contribution < -0.4 is 0 Å². The molecule has 5 nitrogen and oxygen atoms in total. The van der Waals surface area contributed by atoms with Gasteiger partial charge in [0.05, 0.1) is 6.54 Å². The van der Waals surface area contributed by atoms with Crippen molar-refractivity contribution < 1.29 is 19.1 Å². The molecule has 1 rings (SSSR count). The van der Waals surface area contributed by atoms with Gasteiger partial charge in [0.2, 0.25) is 5.91 Å². The molecular weight excluding hydrogens is 239 g/mol. The average Bonchev–Trinajstić information content (AvgIpc) is 2.55. The van der Waals surface area contributed by atoms with E-state index in [-0.39, 0.29) is 18.9 Å². The molecule has 0 aromatic heterocycles. The first kappa shape index (κ1) is 14.7. The van der Waals surface area contributed by atoms with Gasteiger partial charge in [0.25, 0.3) is 0 Å². The minimum Gasteiger partial charge on any atom is -0.465 e. The summed E-state index contributed by atoms with van der Waals surface area (Å²) in [5.74, 6) is -0.363. The van der Waals surface area contributed by atoms with Gasteiger partial charge in [0, 0.05) is 20.5 Å². The molecule has 1 aliphatic heterocycles. The summed E-state index contributed by atoms with van der Waals surface area (Å²) >= 11 is 0. The molecule has 1 saturated heterocycles. The number of carbonyl (C=O) groups excluding carboxylic acids is 1. The van der Waals surface area contributed by atoms with Crippen LogP contribution >= 0.6 is 0 Å². The van der Waals surface area contributed by atoms with Crippen LogP contribution in [0.5, 0.6) is 0 Å². The fourth-order valence-corrected chi connectivity index (χ4v) is 2.70. The monoisotopic (exact) mass is 260 g/mol. The molecule has 18 heavy (non-hydrogen) atoms. The van der Waals surface area contributed by atoms with Gasteiger partial charge in [-0.05, 0) is 5.41 Å². The number of nitrogens with zero attached hydrogens (tertiary/aromatic N) is 2. The average molecular weight is 260 g/mol. The quantitative estimate of drug-likeness (QED) is 0.778. The van der Waals surface area contributed by atoms with E-state index in [1.807, 2.05) is 0 Å². The van der Waals surface area contributed by atoms with E-state index in [9.17, 15) is 19.1 Å². The minimum absolute atomic E-state index is 0.0835. The first-order valence-corrected chi connectivity index (χ1v) is 5.90. The van der Waals surface area contributed by atoms with Crippen LogP contribution in [0.2, 0.25) is 0 Å². The highest BCUT2D eigenvalue weighted by atomic mass is 19.1. The van der Waals surface area contributed by atoms with Crippen LogP contribution in [-0.2, 0) is 4.79 Å². The smallest absolute Gasteiger partial charge is 0.408 e. The maximum atomic E-state index is 13.7. The fraction of sp³-hybridized carbons (Fsp3) is 0.833. The maximum absolute atomic E-state index is 13.7. The molecule has 2 amide bonds. The van der Waals surface area contributed by atoms with Crippen molar-refractivity contribution in [2.75, 3.05) is 20.6 Å². The Hall–Kier alpha value is -1.33. The summed E-state index contributed by atoms with van der Waals surface area (Å²) in [6.45, 7) is 5.05. The Kier molecular flexibility index (Phi) is 3.60. The zero-order valence-electron chi connectivity index (χ0n) is 11.5. The van der Waals surface area contributed by atoms with Crippen LogP contribution in [0.3, 0.4) is 0 Å². The second kappa shape index (κ2) is 4.40. The lowest BCUT2D eigenvalue weighted by atomic mass is 9.70. The fourth-order valence-electron chi connectivity index (χ4n) is 2.70. The SMILES string of the molecule is CN(C)C(=O)[C@@]1(C(C)(C)C)C[C@@H](F)CN1C(=O)O. The number of carbonyl (C=O) groups is 2. The number of rotatable bonds is 1. The summed E-state index contributed by atoms with van der Waals surface area (Å²) in [5, 5.41) is 9.25. The molecule has 2 atom stereocenters. The summed E-state index contributed by atoms with van der Waals surface area (Å²) in [6, 6.07) is 0. The Morgan fingerprint density at radius 3 is 2.22 bits per heavy atom. The van der Waals surface area contributed by atoms with E-state index in [0.717, 1.165) is 4.90 Å². The van der Waals surface area contributed by atoms with Crippen LogP contribution in [-0.4, -0.2) is 59.3 Å². The third-order valence-corrected chi connectivity index (χ3v) is 3.59. The van der Waals surface area contributed by atoms with Gasteiger partial charge in [-0.3, -0.25) is 9.69 Å². The van der Waals surface area contributed by atoms with Gasteiger partial charge in [0.15, 0.2) is 0 Å². The predicted octanol–water partition coefficient (Wildman–Crippen LogP) is 1.58. The zero-order chi connectivity index (χ0) is 14.3. The van der Waals surface area contributed by atoms with Crippen molar-refractivity contribution in [3.63, 3.8) is 0 Å². The molecule has 0 radical (unpaired) electrons. The molecule has 0 spiro atoms. The number of amides is 2. The Labute approximate surface area is 107 Å². The van der Waals surface area contributed by atoms with Crippen LogP contribution in [0.15, 0.2) is 0 Å². The molecule has 1 aliphatic rings. The van der Waals surface area contributed by atoms with Crippen molar-refractivity contribution in [1.29, 1.82) is 0 Å². The summed E-state index contributed by atoms with van der Waals surface area (Å²) in [5.41, 5.74) is -2.00. The van der Waals surface area contributed by atoms with Crippen LogP contribution in [0.4, 0.5) is 9.18 Å². The van der Waals surface area contributed by atoms with E-state index in [4.69, 9.17) is 0 Å². The van der Waals surface area contributed by atoms with E-state index in [2.05, 4.69) is 0 Å². The van der Waals surface area contributed by atoms with Gasteiger partial charge in [-0.15, -0.1) is 0 Å².